The van der Waals surface area contributed by atoms with E-state index in [1.165, 1.54) is 0 Å². The highest BCUT2D eigenvalue weighted by molar-refractivity contribution is 5.86. The average Bonchev–Trinajstić information content (AvgIpc) is 3.10. The molecule has 0 fully saturated rings. The second kappa shape index (κ2) is 7.42. The van der Waals surface area contributed by atoms with Crippen molar-refractivity contribution in [1.29, 1.82) is 5.26 Å². The van der Waals surface area contributed by atoms with Crippen LogP contribution in [-0.2, 0) is 11.2 Å². The van der Waals surface area contributed by atoms with Crippen molar-refractivity contribution >= 4 is 16.9 Å². The molecule has 0 atom stereocenters. The summed E-state index contributed by atoms with van der Waals surface area (Å²) in [5, 5.41) is 9.81. The van der Waals surface area contributed by atoms with Crippen molar-refractivity contribution in [3.63, 3.8) is 0 Å². The highest BCUT2D eigenvalue weighted by atomic mass is 16.5. The van der Waals surface area contributed by atoms with Gasteiger partial charge in [0, 0.05) is 10.9 Å². The third kappa shape index (κ3) is 3.65. The summed E-state index contributed by atoms with van der Waals surface area (Å²) < 4.78 is 11.0. The lowest BCUT2D eigenvalue weighted by Crippen LogP contribution is -2.10. The van der Waals surface area contributed by atoms with E-state index in [4.69, 9.17) is 14.4 Å². The maximum absolute atomic E-state index is 12.3. The van der Waals surface area contributed by atoms with Crippen LogP contribution in [0, 0.1) is 18.3 Å². The number of carbonyl (C=O) groups excluding carboxylic acids is 1. The van der Waals surface area contributed by atoms with E-state index in [1.54, 1.807) is 30.5 Å². The van der Waals surface area contributed by atoms with Gasteiger partial charge in [0.15, 0.2) is 0 Å². The van der Waals surface area contributed by atoms with Crippen molar-refractivity contribution in [2.45, 2.75) is 13.3 Å². The van der Waals surface area contributed by atoms with Gasteiger partial charge in [-0.25, -0.2) is 0 Å². The maximum Gasteiger partial charge on any atom is 0.315 e. The summed E-state index contributed by atoms with van der Waals surface area (Å²) in [5.74, 6) is 0.153. The number of ether oxygens (including phenoxy) is 1. The van der Waals surface area contributed by atoms with E-state index in [9.17, 15) is 4.79 Å². The van der Waals surface area contributed by atoms with Gasteiger partial charge in [-0.05, 0) is 53.9 Å². The summed E-state index contributed by atoms with van der Waals surface area (Å²) in [6.45, 7) is 2.00. The van der Waals surface area contributed by atoms with Gasteiger partial charge >= 0.3 is 5.97 Å². The molecule has 0 aliphatic heterocycles. The van der Waals surface area contributed by atoms with Gasteiger partial charge in [0.2, 0.25) is 0 Å². The Kier molecular flexibility index (Phi) is 4.65. The maximum atomic E-state index is 12.3. The molecule has 0 unspecified atom stereocenters. The van der Waals surface area contributed by atoms with E-state index in [0.29, 0.717) is 11.3 Å². The molecule has 1 aromatic heterocycles. The summed E-state index contributed by atoms with van der Waals surface area (Å²) in [6, 6.07) is 22.7. The Hall–Kier alpha value is -3.84. The van der Waals surface area contributed by atoms with E-state index in [1.807, 2.05) is 49.4 Å². The number of benzene rings is 3. The molecule has 136 valence electrons. The SMILES string of the molecule is Cc1ccc2c(CC(=O)Oc3ccc(-c4ccc(C#N)cc4)cc3)coc2c1. The molecule has 0 saturated heterocycles. The molecule has 0 saturated carbocycles. The molecule has 3 aromatic carbocycles. The van der Waals surface area contributed by atoms with Crippen molar-refractivity contribution in [3.05, 3.63) is 89.7 Å². The number of fused-ring (bicyclic) bond motifs is 1. The fourth-order valence-electron chi connectivity index (χ4n) is 3.10. The minimum atomic E-state index is -0.339. The number of esters is 1. The number of nitriles is 1. The second-order valence-electron chi connectivity index (χ2n) is 6.62. The fourth-order valence-corrected chi connectivity index (χ4v) is 3.10. The van der Waals surface area contributed by atoms with Gasteiger partial charge < -0.3 is 9.15 Å². The topological polar surface area (TPSA) is 63.2 Å². The zero-order chi connectivity index (χ0) is 19.5. The number of hydrogen-bond acceptors (Lipinski definition) is 4. The summed E-state index contributed by atoms with van der Waals surface area (Å²) in [7, 11) is 0. The zero-order valence-electron chi connectivity index (χ0n) is 15.3. The van der Waals surface area contributed by atoms with E-state index < -0.39 is 0 Å². The summed E-state index contributed by atoms with van der Waals surface area (Å²) in [5.41, 5.74) is 5.30. The first-order valence-corrected chi connectivity index (χ1v) is 8.90. The highest BCUT2D eigenvalue weighted by Crippen LogP contribution is 2.25. The van der Waals surface area contributed by atoms with E-state index in [0.717, 1.165) is 33.2 Å². The number of aryl methyl sites for hydroxylation is 1. The average molecular weight is 367 g/mol. The minimum Gasteiger partial charge on any atom is -0.464 e. The second-order valence-corrected chi connectivity index (χ2v) is 6.62. The zero-order valence-corrected chi connectivity index (χ0v) is 15.3. The molecule has 0 aliphatic carbocycles. The smallest absolute Gasteiger partial charge is 0.315 e. The van der Waals surface area contributed by atoms with Crippen molar-refractivity contribution in [3.8, 4) is 22.9 Å². The summed E-state index contributed by atoms with van der Waals surface area (Å²) >= 11 is 0. The van der Waals surface area contributed by atoms with Crippen molar-refractivity contribution in [2.75, 3.05) is 0 Å². The van der Waals surface area contributed by atoms with E-state index in [2.05, 4.69) is 6.07 Å². The molecular weight excluding hydrogens is 350 g/mol. The van der Waals surface area contributed by atoms with Gasteiger partial charge in [0.1, 0.15) is 11.3 Å². The van der Waals surface area contributed by atoms with Crippen LogP contribution in [0.1, 0.15) is 16.7 Å². The molecule has 0 spiro atoms. The molecular formula is C24H17NO3. The largest absolute Gasteiger partial charge is 0.464 e. The summed E-state index contributed by atoms with van der Waals surface area (Å²) in [4.78, 5) is 12.3. The Balaban J connectivity index is 1.44. The van der Waals surface area contributed by atoms with Gasteiger partial charge in [-0.1, -0.05) is 36.4 Å². The van der Waals surface area contributed by atoms with Crippen LogP contribution in [0.15, 0.2) is 77.4 Å². The lowest BCUT2D eigenvalue weighted by atomic mass is 10.0. The number of rotatable bonds is 4. The molecule has 4 heteroatoms. The van der Waals surface area contributed by atoms with E-state index >= 15 is 0 Å². The Labute approximate surface area is 162 Å². The van der Waals surface area contributed by atoms with Crippen LogP contribution in [0.5, 0.6) is 5.75 Å². The normalized spacial score (nSPS) is 10.6. The van der Waals surface area contributed by atoms with Crippen LogP contribution in [0.4, 0.5) is 0 Å². The van der Waals surface area contributed by atoms with Crippen LogP contribution >= 0.6 is 0 Å². The molecule has 4 aromatic rings. The van der Waals surface area contributed by atoms with Crippen LogP contribution in [0.2, 0.25) is 0 Å². The molecule has 28 heavy (non-hydrogen) atoms. The summed E-state index contributed by atoms with van der Waals surface area (Å²) in [6.07, 6.45) is 1.76. The third-order valence-corrected chi connectivity index (χ3v) is 4.58. The molecule has 0 bridgehead atoms. The standard InChI is InChI=1S/C24H17NO3/c1-16-2-11-22-20(15-27-23(22)12-16)13-24(26)28-21-9-7-19(8-10-21)18-5-3-17(14-25)4-6-18/h2-12,15H,13H2,1H3. The van der Waals surface area contributed by atoms with Crippen molar-refractivity contribution < 1.29 is 13.9 Å². The van der Waals surface area contributed by atoms with Crippen LogP contribution in [-0.4, -0.2) is 5.97 Å². The predicted molar refractivity (Wildman–Crippen MR) is 107 cm³/mol. The number of furan rings is 1. The van der Waals surface area contributed by atoms with Gasteiger partial charge in [-0.2, -0.15) is 5.26 Å². The van der Waals surface area contributed by atoms with Crippen molar-refractivity contribution in [2.24, 2.45) is 0 Å². The predicted octanol–water partition coefficient (Wildman–Crippen LogP) is 5.43. The Morgan fingerprint density at radius 3 is 2.36 bits per heavy atom. The lowest BCUT2D eigenvalue weighted by molar-refractivity contribution is -0.133. The first-order chi connectivity index (χ1) is 13.6. The van der Waals surface area contributed by atoms with Crippen molar-refractivity contribution in [1.82, 2.24) is 0 Å². The quantitative estimate of drug-likeness (QED) is 0.356. The molecule has 0 N–H and O–H groups in total. The van der Waals surface area contributed by atoms with Gasteiger partial charge in [0.05, 0.1) is 24.3 Å². The van der Waals surface area contributed by atoms with E-state index in [-0.39, 0.29) is 12.4 Å². The van der Waals surface area contributed by atoms with Crippen LogP contribution in [0.3, 0.4) is 0 Å². The molecule has 0 aliphatic rings. The molecule has 4 nitrogen and oxygen atoms in total. The highest BCUT2D eigenvalue weighted by Gasteiger charge is 2.12. The van der Waals surface area contributed by atoms with Gasteiger partial charge in [0.25, 0.3) is 0 Å². The lowest BCUT2D eigenvalue weighted by Gasteiger charge is -2.06. The minimum absolute atomic E-state index is 0.146. The molecule has 4 rings (SSSR count). The monoisotopic (exact) mass is 367 g/mol. The Bertz CT molecular complexity index is 1180. The van der Waals surface area contributed by atoms with Gasteiger partial charge in [-0.15, -0.1) is 0 Å². The van der Waals surface area contributed by atoms with Crippen LogP contribution < -0.4 is 4.74 Å². The number of carbonyl (C=O) groups is 1. The molecule has 0 amide bonds. The first kappa shape index (κ1) is 17.6. The van der Waals surface area contributed by atoms with Gasteiger partial charge in [-0.3, -0.25) is 4.79 Å². The molecule has 0 radical (unpaired) electrons. The third-order valence-electron chi connectivity index (χ3n) is 4.58. The molecule has 1 heterocycles. The first-order valence-electron chi connectivity index (χ1n) is 8.90. The number of hydrogen-bond donors (Lipinski definition) is 0. The van der Waals surface area contributed by atoms with Crippen LogP contribution in [0.25, 0.3) is 22.1 Å². The number of nitrogens with zero attached hydrogens (tertiary/aromatic N) is 1. The Morgan fingerprint density at radius 1 is 1.00 bits per heavy atom. The Morgan fingerprint density at radius 2 is 1.68 bits per heavy atom. The fraction of sp³-hybridized carbons (Fsp3) is 0.0833.